The molecule has 0 fully saturated rings. The van der Waals surface area contributed by atoms with Crippen molar-refractivity contribution in [2.45, 2.75) is 59.2 Å². The van der Waals surface area contributed by atoms with Crippen LogP contribution >= 0.6 is 0 Å². The van der Waals surface area contributed by atoms with E-state index in [0.717, 1.165) is 35.9 Å². The fourth-order valence-electron chi connectivity index (χ4n) is 4.15. The zero-order chi connectivity index (χ0) is 26.1. The first kappa shape index (κ1) is 26.4. The third-order valence-electron chi connectivity index (χ3n) is 5.71. The molecule has 2 aromatic carbocycles. The van der Waals surface area contributed by atoms with Crippen molar-refractivity contribution >= 4 is 21.7 Å². The highest BCUT2D eigenvalue weighted by molar-refractivity contribution is 7.96. The molecule has 0 radical (unpaired) electrons. The number of carboxylic acids is 1. The third kappa shape index (κ3) is 5.71. The molecule has 1 unspecified atom stereocenters. The normalized spacial score (nSPS) is 15.2. The van der Waals surface area contributed by atoms with E-state index in [1.807, 2.05) is 18.2 Å². The molecule has 190 valence electrons. The molecule has 0 bridgehead atoms. The summed E-state index contributed by atoms with van der Waals surface area (Å²) in [6.45, 7) is 9.40. The standard InChI is InChI=1S/C25H33N3O6S/c1-14-11-18(28-35(31,32)20(27)13-26)15(2)22(23(24(29)30)34-25(3,4)5)21(14)17-8-9-19-16(12-17)7-6-10-33-19/h8-9,11-13,23,28H,6-7,10,26-27H2,1-5H3,(H,29,30)/b20-13+. The summed E-state index contributed by atoms with van der Waals surface area (Å²) in [4.78, 5) is 12.5. The van der Waals surface area contributed by atoms with E-state index in [9.17, 15) is 18.3 Å². The first-order valence-corrected chi connectivity index (χ1v) is 12.7. The summed E-state index contributed by atoms with van der Waals surface area (Å²) in [5.74, 6) is -0.378. The van der Waals surface area contributed by atoms with Gasteiger partial charge in [0.1, 0.15) is 5.75 Å². The highest BCUT2D eigenvalue weighted by Gasteiger charge is 2.33. The smallest absolute Gasteiger partial charge is 0.337 e. The molecule has 10 heteroatoms. The van der Waals surface area contributed by atoms with Gasteiger partial charge in [-0.2, -0.15) is 8.42 Å². The van der Waals surface area contributed by atoms with Crippen LogP contribution in [0.5, 0.6) is 5.75 Å². The summed E-state index contributed by atoms with van der Waals surface area (Å²) in [6.07, 6.45) is 1.17. The fourth-order valence-corrected chi connectivity index (χ4v) is 4.95. The van der Waals surface area contributed by atoms with Gasteiger partial charge < -0.3 is 26.0 Å². The van der Waals surface area contributed by atoms with Crippen molar-refractivity contribution in [3.05, 3.63) is 57.7 Å². The van der Waals surface area contributed by atoms with Gasteiger partial charge in [-0.05, 0) is 93.5 Å². The molecule has 1 heterocycles. The molecule has 9 nitrogen and oxygen atoms in total. The Morgan fingerprint density at radius 3 is 2.54 bits per heavy atom. The molecule has 0 saturated heterocycles. The minimum absolute atomic E-state index is 0.191. The van der Waals surface area contributed by atoms with Gasteiger partial charge in [-0.25, -0.2) is 4.79 Å². The van der Waals surface area contributed by atoms with E-state index in [1.165, 1.54) is 0 Å². The van der Waals surface area contributed by atoms with Gasteiger partial charge in [0.25, 0.3) is 10.0 Å². The number of benzene rings is 2. The van der Waals surface area contributed by atoms with E-state index in [0.29, 0.717) is 28.9 Å². The number of carbonyl (C=O) groups is 1. The lowest BCUT2D eigenvalue weighted by Gasteiger charge is -2.30. The number of carboxylic acid groups (broad SMARTS) is 1. The van der Waals surface area contributed by atoms with Gasteiger partial charge in [-0.15, -0.1) is 0 Å². The lowest BCUT2D eigenvalue weighted by Crippen LogP contribution is -2.29. The average molecular weight is 504 g/mol. The predicted molar refractivity (Wildman–Crippen MR) is 135 cm³/mol. The van der Waals surface area contributed by atoms with Crippen LogP contribution in [-0.2, 0) is 26.0 Å². The molecule has 0 aromatic heterocycles. The number of nitrogens with two attached hydrogens (primary N) is 2. The maximum Gasteiger partial charge on any atom is 0.337 e. The number of anilines is 1. The highest BCUT2D eigenvalue weighted by Crippen LogP contribution is 2.42. The predicted octanol–water partition coefficient (Wildman–Crippen LogP) is 3.69. The SMILES string of the molecule is Cc1cc(NS(=O)(=O)/C(N)=C/N)c(C)c(C(OC(C)(C)C)C(=O)O)c1-c1ccc2c(c1)CCCO2. The molecule has 3 rings (SSSR count). The van der Waals surface area contributed by atoms with Crippen LogP contribution in [0.4, 0.5) is 5.69 Å². The van der Waals surface area contributed by atoms with E-state index in [4.69, 9.17) is 20.9 Å². The van der Waals surface area contributed by atoms with Crippen molar-refractivity contribution in [3.63, 3.8) is 0 Å². The zero-order valence-electron chi connectivity index (χ0n) is 20.6. The van der Waals surface area contributed by atoms with Crippen molar-refractivity contribution in [1.82, 2.24) is 0 Å². The maximum atomic E-state index is 12.6. The van der Waals surface area contributed by atoms with Gasteiger partial charge >= 0.3 is 5.97 Å². The van der Waals surface area contributed by atoms with Crippen molar-refractivity contribution in [1.29, 1.82) is 0 Å². The van der Waals surface area contributed by atoms with Crippen LogP contribution in [0.25, 0.3) is 11.1 Å². The van der Waals surface area contributed by atoms with Gasteiger partial charge in [0.05, 0.1) is 17.9 Å². The number of sulfonamides is 1. The monoisotopic (exact) mass is 503 g/mol. The summed E-state index contributed by atoms with van der Waals surface area (Å²) in [6, 6.07) is 7.41. The zero-order valence-corrected chi connectivity index (χ0v) is 21.5. The minimum Gasteiger partial charge on any atom is -0.493 e. The molecular weight excluding hydrogens is 470 g/mol. The number of aliphatic carboxylic acids is 1. The Bertz CT molecular complexity index is 1280. The van der Waals surface area contributed by atoms with E-state index in [2.05, 4.69) is 4.72 Å². The van der Waals surface area contributed by atoms with Gasteiger partial charge in [0, 0.05) is 11.8 Å². The van der Waals surface area contributed by atoms with Crippen molar-refractivity contribution < 1.29 is 27.8 Å². The van der Waals surface area contributed by atoms with Crippen LogP contribution in [0.3, 0.4) is 0 Å². The Balaban J connectivity index is 2.30. The summed E-state index contributed by atoms with van der Waals surface area (Å²) in [5.41, 5.74) is 14.2. The lowest BCUT2D eigenvalue weighted by atomic mass is 9.86. The van der Waals surface area contributed by atoms with Crippen molar-refractivity contribution in [2.75, 3.05) is 11.3 Å². The second kappa shape index (κ2) is 9.79. The second-order valence-corrected chi connectivity index (χ2v) is 11.2. The summed E-state index contributed by atoms with van der Waals surface area (Å²) in [7, 11) is -4.13. The van der Waals surface area contributed by atoms with E-state index < -0.39 is 32.7 Å². The number of hydrogen-bond acceptors (Lipinski definition) is 7. The second-order valence-electron chi connectivity index (χ2n) is 9.55. The molecule has 6 N–H and O–H groups in total. The van der Waals surface area contributed by atoms with Crippen LogP contribution < -0.4 is 20.9 Å². The molecule has 0 aliphatic carbocycles. The van der Waals surface area contributed by atoms with Gasteiger partial charge in [0.2, 0.25) is 0 Å². The number of nitrogens with one attached hydrogen (secondary N) is 1. The number of aryl methyl sites for hydroxylation is 2. The van der Waals surface area contributed by atoms with Crippen molar-refractivity contribution in [2.24, 2.45) is 11.5 Å². The number of ether oxygens (including phenoxy) is 2. The largest absolute Gasteiger partial charge is 0.493 e. The van der Waals surface area contributed by atoms with Crippen LogP contribution in [0.2, 0.25) is 0 Å². The molecule has 1 atom stereocenters. The first-order valence-electron chi connectivity index (χ1n) is 11.3. The number of hydrogen-bond donors (Lipinski definition) is 4. The van der Waals surface area contributed by atoms with E-state index >= 15 is 0 Å². The first-order chi connectivity index (χ1) is 16.2. The molecular formula is C25H33N3O6S. The Kier molecular flexibility index (Phi) is 7.37. The molecule has 2 aromatic rings. The van der Waals surface area contributed by atoms with Gasteiger partial charge in [-0.3, -0.25) is 4.72 Å². The third-order valence-corrected chi connectivity index (χ3v) is 6.95. The average Bonchev–Trinajstić information content (AvgIpc) is 2.77. The van der Waals surface area contributed by atoms with Crippen LogP contribution in [0.15, 0.2) is 35.5 Å². The molecule has 0 amide bonds. The van der Waals surface area contributed by atoms with Crippen molar-refractivity contribution in [3.8, 4) is 16.9 Å². The Labute approximate surface area is 206 Å². The molecule has 0 spiro atoms. The van der Waals surface area contributed by atoms with Gasteiger partial charge in [0.15, 0.2) is 11.1 Å². The summed E-state index contributed by atoms with van der Waals surface area (Å²) in [5, 5.41) is 9.64. The molecule has 1 aliphatic rings. The summed E-state index contributed by atoms with van der Waals surface area (Å²) < 4.78 is 39.4. The summed E-state index contributed by atoms with van der Waals surface area (Å²) >= 11 is 0. The Hall–Kier alpha value is -3.24. The van der Waals surface area contributed by atoms with E-state index in [1.54, 1.807) is 40.7 Å². The lowest BCUT2D eigenvalue weighted by molar-refractivity contribution is -0.160. The van der Waals surface area contributed by atoms with Gasteiger partial charge in [-0.1, -0.05) is 6.07 Å². The Morgan fingerprint density at radius 1 is 1.26 bits per heavy atom. The van der Waals surface area contributed by atoms with Crippen LogP contribution in [-0.4, -0.2) is 31.7 Å². The van der Waals surface area contributed by atoms with E-state index in [-0.39, 0.29) is 5.69 Å². The number of rotatable bonds is 7. The molecule has 1 aliphatic heterocycles. The number of fused-ring (bicyclic) bond motifs is 1. The maximum absolute atomic E-state index is 12.6. The fraction of sp³-hybridized carbons (Fsp3) is 0.400. The highest BCUT2D eigenvalue weighted by atomic mass is 32.2. The molecule has 35 heavy (non-hydrogen) atoms. The Morgan fingerprint density at radius 2 is 1.94 bits per heavy atom. The molecule has 0 saturated carbocycles. The topological polar surface area (TPSA) is 154 Å². The minimum atomic E-state index is -4.13. The van der Waals surface area contributed by atoms with Crippen LogP contribution in [0.1, 0.15) is 55.5 Å². The van der Waals surface area contributed by atoms with Crippen LogP contribution in [0, 0.1) is 13.8 Å². The quantitative estimate of drug-likeness (QED) is 0.446.